The normalized spacial score (nSPS) is 10.8. The molecule has 0 aliphatic rings. The van der Waals surface area contributed by atoms with Crippen LogP contribution in [0.1, 0.15) is 15.9 Å². The third-order valence-corrected chi connectivity index (χ3v) is 2.42. The van der Waals surface area contributed by atoms with Gasteiger partial charge in [-0.1, -0.05) is 0 Å². The van der Waals surface area contributed by atoms with Gasteiger partial charge in [0.1, 0.15) is 12.4 Å². The number of amides is 1. The van der Waals surface area contributed by atoms with E-state index in [0.29, 0.717) is 0 Å². The molecular weight excluding hydrogens is 261 g/mol. The molecule has 4 nitrogen and oxygen atoms in total. The Kier molecular flexibility index (Phi) is 5.62. The summed E-state index contributed by atoms with van der Waals surface area (Å²) in [6, 6.07) is 2.43. The van der Waals surface area contributed by atoms with Crippen LogP contribution in [0, 0.1) is 12.7 Å². The van der Waals surface area contributed by atoms with Crippen LogP contribution in [0.4, 0.5) is 18.9 Å². The number of hydrogen-bond donors (Lipinski definition) is 2. The summed E-state index contributed by atoms with van der Waals surface area (Å²) >= 11 is 0. The van der Waals surface area contributed by atoms with Gasteiger partial charge in [0.15, 0.2) is 0 Å². The summed E-state index contributed by atoms with van der Waals surface area (Å²) in [5.74, 6) is -1.11. The van der Waals surface area contributed by atoms with Crippen LogP contribution >= 0.6 is 0 Å². The Hall–Kier alpha value is -1.76. The molecule has 0 aliphatic heterocycles. The number of rotatable bonds is 6. The molecule has 0 spiro atoms. The van der Waals surface area contributed by atoms with Crippen LogP contribution in [0.3, 0.4) is 0 Å². The van der Waals surface area contributed by atoms with Gasteiger partial charge in [-0.3, -0.25) is 4.79 Å². The molecule has 0 unspecified atom stereocenters. The minimum Gasteiger partial charge on any atom is -0.398 e. The van der Waals surface area contributed by atoms with Crippen molar-refractivity contribution in [3.05, 3.63) is 29.1 Å². The number of hydrogen-bond acceptors (Lipinski definition) is 3. The summed E-state index contributed by atoms with van der Waals surface area (Å²) in [6.07, 6.45) is -2.54. The topological polar surface area (TPSA) is 64.4 Å². The first kappa shape index (κ1) is 15.3. The second-order valence-electron chi connectivity index (χ2n) is 3.89. The molecule has 0 saturated carbocycles. The maximum Gasteiger partial charge on any atom is 0.261 e. The van der Waals surface area contributed by atoms with Gasteiger partial charge in [0.05, 0.1) is 6.61 Å². The second kappa shape index (κ2) is 6.98. The molecule has 0 heterocycles. The van der Waals surface area contributed by atoms with Crippen LogP contribution < -0.4 is 11.1 Å². The fraction of sp³-hybridized carbons (Fsp3) is 0.417. The van der Waals surface area contributed by atoms with Crippen molar-refractivity contribution in [2.75, 3.05) is 25.5 Å². The highest BCUT2D eigenvalue weighted by Gasteiger charge is 2.10. The van der Waals surface area contributed by atoms with Crippen molar-refractivity contribution in [3.8, 4) is 0 Å². The smallest absolute Gasteiger partial charge is 0.261 e. The van der Waals surface area contributed by atoms with Crippen LogP contribution in [0.5, 0.6) is 0 Å². The molecule has 1 aromatic carbocycles. The van der Waals surface area contributed by atoms with Crippen molar-refractivity contribution < 1.29 is 22.7 Å². The molecule has 106 valence electrons. The van der Waals surface area contributed by atoms with Gasteiger partial charge >= 0.3 is 0 Å². The third-order valence-electron chi connectivity index (χ3n) is 2.42. The van der Waals surface area contributed by atoms with Crippen LogP contribution in [-0.2, 0) is 4.74 Å². The maximum absolute atomic E-state index is 13.4. The van der Waals surface area contributed by atoms with E-state index in [2.05, 4.69) is 10.1 Å². The summed E-state index contributed by atoms with van der Waals surface area (Å²) in [5, 5.41) is 2.42. The summed E-state index contributed by atoms with van der Waals surface area (Å²) in [6.45, 7) is 0.841. The number of benzene rings is 1. The maximum atomic E-state index is 13.4. The monoisotopic (exact) mass is 276 g/mol. The van der Waals surface area contributed by atoms with Crippen molar-refractivity contribution >= 4 is 11.6 Å². The van der Waals surface area contributed by atoms with Crippen molar-refractivity contribution in [2.24, 2.45) is 0 Å². The molecule has 0 aromatic heterocycles. The van der Waals surface area contributed by atoms with Crippen molar-refractivity contribution in [3.63, 3.8) is 0 Å². The van der Waals surface area contributed by atoms with Crippen LogP contribution in [0.2, 0.25) is 0 Å². The molecular formula is C12H15F3N2O2. The minimum atomic E-state index is -2.54. The van der Waals surface area contributed by atoms with E-state index in [9.17, 15) is 18.0 Å². The lowest BCUT2D eigenvalue weighted by molar-refractivity contribution is 0.0188. The standard InChI is InChI=1S/C12H15F3N2O2/c1-7-9(13)4-8(5-10(7)16)12(18)17-2-3-19-6-11(14)15/h4-5,11H,2-3,6,16H2,1H3,(H,17,18). The summed E-state index contributed by atoms with van der Waals surface area (Å²) < 4.78 is 41.4. The summed E-state index contributed by atoms with van der Waals surface area (Å²) in [4.78, 5) is 11.6. The first-order valence-corrected chi connectivity index (χ1v) is 5.61. The number of nitrogens with two attached hydrogens (primary N) is 1. The lowest BCUT2D eigenvalue weighted by Crippen LogP contribution is -2.28. The molecule has 1 rings (SSSR count). The van der Waals surface area contributed by atoms with Gasteiger partial charge < -0.3 is 15.8 Å². The van der Waals surface area contributed by atoms with E-state index >= 15 is 0 Å². The number of alkyl halides is 2. The van der Waals surface area contributed by atoms with Gasteiger partial charge in [-0.25, -0.2) is 13.2 Å². The fourth-order valence-electron chi connectivity index (χ4n) is 1.34. The van der Waals surface area contributed by atoms with E-state index in [0.717, 1.165) is 6.07 Å². The zero-order valence-corrected chi connectivity index (χ0v) is 10.4. The lowest BCUT2D eigenvalue weighted by Gasteiger charge is -2.08. The number of anilines is 1. The Morgan fingerprint density at radius 1 is 1.47 bits per heavy atom. The first-order chi connectivity index (χ1) is 8.91. The van der Waals surface area contributed by atoms with Gasteiger partial charge in [0, 0.05) is 23.4 Å². The Labute approximate surface area is 108 Å². The Morgan fingerprint density at radius 3 is 2.74 bits per heavy atom. The quantitative estimate of drug-likeness (QED) is 0.614. The van der Waals surface area contributed by atoms with Crippen molar-refractivity contribution in [2.45, 2.75) is 13.3 Å². The highest BCUT2D eigenvalue weighted by molar-refractivity contribution is 5.95. The van der Waals surface area contributed by atoms with E-state index in [-0.39, 0.29) is 30.0 Å². The van der Waals surface area contributed by atoms with E-state index < -0.39 is 24.8 Å². The molecule has 19 heavy (non-hydrogen) atoms. The highest BCUT2D eigenvalue weighted by Crippen LogP contribution is 2.17. The fourth-order valence-corrected chi connectivity index (χ4v) is 1.34. The Morgan fingerprint density at radius 2 is 2.16 bits per heavy atom. The average molecular weight is 276 g/mol. The second-order valence-corrected chi connectivity index (χ2v) is 3.89. The van der Waals surface area contributed by atoms with Gasteiger partial charge in [0.25, 0.3) is 12.3 Å². The highest BCUT2D eigenvalue weighted by atomic mass is 19.3. The van der Waals surface area contributed by atoms with Crippen LogP contribution in [0.25, 0.3) is 0 Å². The largest absolute Gasteiger partial charge is 0.398 e. The van der Waals surface area contributed by atoms with Crippen molar-refractivity contribution in [1.82, 2.24) is 5.32 Å². The van der Waals surface area contributed by atoms with E-state index in [1.165, 1.54) is 13.0 Å². The number of nitrogen functional groups attached to an aromatic ring is 1. The van der Waals surface area contributed by atoms with Gasteiger partial charge in [0.2, 0.25) is 0 Å². The van der Waals surface area contributed by atoms with E-state index in [1.807, 2.05) is 0 Å². The van der Waals surface area contributed by atoms with Crippen LogP contribution in [-0.4, -0.2) is 32.1 Å². The number of nitrogens with one attached hydrogen (secondary N) is 1. The lowest BCUT2D eigenvalue weighted by atomic mass is 10.1. The Balaban J connectivity index is 2.46. The molecule has 0 bridgehead atoms. The number of carbonyl (C=O) groups excluding carboxylic acids is 1. The number of carbonyl (C=O) groups is 1. The average Bonchev–Trinajstić information content (AvgIpc) is 2.34. The SMILES string of the molecule is Cc1c(N)cc(C(=O)NCCOCC(F)F)cc1F. The Bertz CT molecular complexity index is 430. The molecule has 1 amide bonds. The first-order valence-electron chi connectivity index (χ1n) is 5.61. The summed E-state index contributed by atoms with van der Waals surface area (Å²) in [5.41, 5.74) is 6.07. The van der Waals surface area contributed by atoms with Crippen LogP contribution in [0.15, 0.2) is 12.1 Å². The molecule has 7 heteroatoms. The zero-order chi connectivity index (χ0) is 14.4. The molecule has 0 aliphatic carbocycles. The van der Waals surface area contributed by atoms with Gasteiger partial charge in [-0.05, 0) is 19.1 Å². The predicted molar refractivity (Wildman–Crippen MR) is 64.7 cm³/mol. The van der Waals surface area contributed by atoms with Crippen molar-refractivity contribution in [1.29, 1.82) is 0 Å². The molecule has 0 fully saturated rings. The summed E-state index contributed by atoms with van der Waals surface area (Å²) in [7, 11) is 0. The molecule has 1 aromatic rings. The number of halogens is 3. The van der Waals surface area contributed by atoms with E-state index in [1.54, 1.807) is 0 Å². The predicted octanol–water partition coefficient (Wildman–Crippen LogP) is 1.73. The van der Waals surface area contributed by atoms with Gasteiger partial charge in [-0.15, -0.1) is 0 Å². The number of ether oxygens (including phenoxy) is 1. The molecule has 3 N–H and O–H groups in total. The third kappa shape index (κ3) is 4.78. The van der Waals surface area contributed by atoms with Gasteiger partial charge in [-0.2, -0.15) is 0 Å². The molecule has 0 radical (unpaired) electrons. The zero-order valence-electron chi connectivity index (χ0n) is 10.4. The molecule has 0 saturated heterocycles. The van der Waals surface area contributed by atoms with E-state index in [4.69, 9.17) is 5.73 Å². The molecule has 0 atom stereocenters. The minimum absolute atomic E-state index is 0.0418.